The summed E-state index contributed by atoms with van der Waals surface area (Å²) in [6.45, 7) is 0. The van der Waals surface area contributed by atoms with Gasteiger partial charge in [-0.05, 0) is 63.5 Å². The Morgan fingerprint density at radius 1 is 0.870 bits per heavy atom. The molecule has 0 radical (unpaired) electrons. The molecule has 0 atom stereocenters. The predicted molar refractivity (Wildman–Crippen MR) is 96.0 cm³/mol. The second-order valence-corrected chi connectivity index (χ2v) is 6.20. The largest absolute Gasteiger partial charge is 0.422 e. The molecule has 4 heteroatoms. The first-order valence-corrected chi connectivity index (χ1v) is 8.13. The fourth-order valence-corrected chi connectivity index (χ4v) is 2.72. The van der Waals surface area contributed by atoms with Gasteiger partial charge in [-0.1, -0.05) is 48.0 Å². The Bertz CT molecular complexity index is 830. The van der Waals surface area contributed by atoms with Gasteiger partial charge in [0.1, 0.15) is 5.75 Å². The van der Waals surface area contributed by atoms with Gasteiger partial charge in [-0.15, -0.1) is 0 Å². The van der Waals surface area contributed by atoms with Crippen molar-refractivity contribution in [1.82, 2.24) is 0 Å². The molecule has 114 valence electrons. The molecule has 23 heavy (non-hydrogen) atoms. The first kappa shape index (κ1) is 15.8. The number of carbonyl (C=O) groups excluding carboxylic acids is 1. The zero-order chi connectivity index (χ0) is 16.2. The van der Waals surface area contributed by atoms with Crippen LogP contribution >= 0.6 is 27.5 Å². The molecular weight excluding hydrogens is 376 g/mol. The van der Waals surface area contributed by atoms with E-state index >= 15 is 0 Å². The average Bonchev–Trinajstić information content (AvgIpc) is 2.58. The average molecular weight is 388 g/mol. The minimum atomic E-state index is -0.421. The van der Waals surface area contributed by atoms with Crippen molar-refractivity contribution in [3.63, 3.8) is 0 Å². The molecule has 2 nitrogen and oxygen atoms in total. The van der Waals surface area contributed by atoms with Gasteiger partial charge in [-0.25, -0.2) is 4.79 Å². The predicted octanol–water partition coefficient (Wildman–Crippen LogP) is 5.99. The van der Waals surface area contributed by atoms with E-state index in [1.165, 1.54) is 0 Å². The summed E-state index contributed by atoms with van der Waals surface area (Å²) in [6.07, 6.45) is 0. The van der Waals surface area contributed by atoms with Gasteiger partial charge in [-0.3, -0.25) is 0 Å². The van der Waals surface area contributed by atoms with Crippen LogP contribution < -0.4 is 4.74 Å². The first-order chi connectivity index (χ1) is 11.1. The van der Waals surface area contributed by atoms with E-state index in [1.54, 1.807) is 30.3 Å². The fourth-order valence-electron chi connectivity index (χ4n) is 2.14. The van der Waals surface area contributed by atoms with Crippen LogP contribution in [-0.4, -0.2) is 5.97 Å². The smallest absolute Gasteiger partial charge is 0.343 e. The molecule has 0 N–H and O–H groups in total. The third-order valence-electron chi connectivity index (χ3n) is 3.32. The number of rotatable bonds is 3. The summed E-state index contributed by atoms with van der Waals surface area (Å²) in [7, 11) is 0. The molecule has 3 rings (SSSR count). The molecule has 0 unspecified atom stereocenters. The van der Waals surface area contributed by atoms with Gasteiger partial charge in [0.15, 0.2) is 0 Å². The minimum absolute atomic E-state index is 0.421. The van der Waals surface area contributed by atoms with Crippen LogP contribution in [0.3, 0.4) is 0 Å². The highest BCUT2D eigenvalue weighted by molar-refractivity contribution is 9.10. The van der Waals surface area contributed by atoms with E-state index in [2.05, 4.69) is 15.9 Å². The molecule has 0 aliphatic carbocycles. The molecule has 0 heterocycles. The molecule has 0 amide bonds. The number of esters is 1. The van der Waals surface area contributed by atoms with Crippen molar-refractivity contribution in [2.75, 3.05) is 0 Å². The molecule has 0 saturated heterocycles. The lowest BCUT2D eigenvalue weighted by Gasteiger charge is -2.09. The molecule has 0 bridgehead atoms. The maximum atomic E-state index is 12.1. The number of hydrogen-bond donors (Lipinski definition) is 0. The van der Waals surface area contributed by atoms with E-state index in [9.17, 15) is 4.79 Å². The topological polar surface area (TPSA) is 26.3 Å². The Hall–Kier alpha value is -2.10. The number of carbonyl (C=O) groups is 1. The van der Waals surface area contributed by atoms with Crippen molar-refractivity contribution in [1.29, 1.82) is 0 Å². The Morgan fingerprint density at radius 3 is 2.22 bits per heavy atom. The minimum Gasteiger partial charge on any atom is -0.422 e. The Morgan fingerprint density at radius 2 is 1.57 bits per heavy atom. The Labute approximate surface area is 147 Å². The Kier molecular flexibility index (Phi) is 4.79. The van der Waals surface area contributed by atoms with Crippen LogP contribution in [0.1, 0.15) is 10.4 Å². The number of halogens is 2. The quantitative estimate of drug-likeness (QED) is 0.407. The van der Waals surface area contributed by atoms with Gasteiger partial charge >= 0.3 is 5.97 Å². The molecule has 0 aromatic heterocycles. The Balaban J connectivity index is 1.81. The van der Waals surface area contributed by atoms with Crippen LogP contribution in [-0.2, 0) is 0 Å². The monoisotopic (exact) mass is 386 g/mol. The lowest BCUT2D eigenvalue weighted by molar-refractivity contribution is 0.0733. The van der Waals surface area contributed by atoms with Crippen LogP contribution in [0, 0.1) is 0 Å². The van der Waals surface area contributed by atoms with Gasteiger partial charge in [0.25, 0.3) is 0 Å². The van der Waals surface area contributed by atoms with Crippen molar-refractivity contribution in [3.8, 4) is 16.9 Å². The molecule has 0 aliphatic rings. The number of ether oxygens (including phenoxy) is 1. The summed E-state index contributed by atoms with van der Waals surface area (Å²) in [5.74, 6) is 0.0551. The molecular formula is C19H12BrClO2. The second-order valence-electron chi connectivity index (χ2n) is 4.91. The van der Waals surface area contributed by atoms with Gasteiger partial charge in [0.2, 0.25) is 0 Å². The van der Waals surface area contributed by atoms with E-state index in [4.69, 9.17) is 16.3 Å². The van der Waals surface area contributed by atoms with Crippen molar-refractivity contribution >= 4 is 33.5 Å². The lowest BCUT2D eigenvalue weighted by atomic mass is 10.1. The van der Waals surface area contributed by atoms with Gasteiger partial charge in [0.05, 0.1) is 10.0 Å². The zero-order valence-electron chi connectivity index (χ0n) is 12.0. The third kappa shape index (κ3) is 3.81. The molecule has 3 aromatic rings. The van der Waals surface area contributed by atoms with Gasteiger partial charge in [-0.2, -0.15) is 0 Å². The van der Waals surface area contributed by atoms with Crippen molar-refractivity contribution in [2.45, 2.75) is 0 Å². The highest BCUT2D eigenvalue weighted by Crippen LogP contribution is 2.31. The maximum Gasteiger partial charge on any atom is 0.343 e. The molecule has 0 fully saturated rings. The van der Waals surface area contributed by atoms with Crippen LogP contribution in [0.15, 0.2) is 77.3 Å². The van der Waals surface area contributed by atoms with Crippen LogP contribution in [0.4, 0.5) is 0 Å². The lowest BCUT2D eigenvalue weighted by Crippen LogP contribution is -2.08. The van der Waals surface area contributed by atoms with Crippen molar-refractivity contribution < 1.29 is 9.53 Å². The van der Waals surface area contributed by atoms with E-state index in [-0.39, 0.29) is 0 Å². The highest BCUT2D eigenvalue weighted by atomic mass is 79.9. The summed E-state index contributed by atoms with van der Waals surface area (Å²) in [5, 5.41) is 0.579. The number of hydrogen-bond acceptors (Lipinski definition) is 2. The van der Waals surface area contributed by atoms with E-state index in [1.807, 2.05) is 42.5 Å². The molecule has 0 saturated carbocycles. The SMILES string of the molecule is O=C(Oc1ccc(-c2ccccc2)cc1Br)c1ccc(Cl)cc1. The maximum absolute atomic E-state index is 12.1. The van der Waals surface area contributed by atoms with Crippen molar-refractivity contribution in [2.24, 2.45) is 0 Å². The highest BCUT2D eigenvalue weighted by Gasteiger charge is 2.11. The fraction of sp³-hybridized carbons (Fsp3) is 0. The summed E-state index contributed by atoms with van der Waals surface area (Å²) in [6, 6.07) is 22.2. The zero-order valence-corrected chi connectivity index (χ0v) is 14.3. The molecule has 0 spiro atoms. The van der Waals surface area contributed by atoms with Crippen molar-refractivity contribution in [3.05, 3.63) is 87.9 Å². The van der Waals surface area contributed by atoms with E-state index in [0.29, 0.717) is 16.3 Å². The summed E-state index contributed by atoms with van der Waals surface area (Å²) in [5.41, 5.74) is 2.60. The first-order valence-electron chi connectivity index (χ1n) is 6.96. The number of benzene rings is 3. The van der Waals surface area contributed by atoms with Gasteiger partial charge in [0, 0.05) is 5.02 Å². The third-order valence-corrected chi connectivity index (χ3v) is 4.19. The van der Waals surface area contributed by atoms with Crippen LogP contribution in [0.25, 0.3) is 11.1 Å². The summed E-state index contributed by atoms with van der Waals surface area (Å²) >= 11 is 9.28. The summed E-state index contributed by atoms with van der Waals surface area (Å²) in [4.78, 5) is 12.1. The standard InChI is InChI=1S/C19H12BrClO2/c20-17-12-15(13-4-2-1-3-5-13)8-11-18(17)23-19(22)14-6-9-16(21)10-7-14/h1-12H. The second kappa shape index (κ2) is 6.99. The van der Waals surface area contributed by atoms with E-state index < -0.39 is 5.97 Å². The summed E-state index contributed by atoms with van der Waals surface area (Å²) < 4.78 is 6.16. The van der Waals surface area contributed by atoms with E-state index in [0.717, 1.165) is 15.6 Å². The molecule has 0 aliphatic heterocycles. The van der Waals surface area contributed by atoms with Gasteiger partial charge < -0.3 is 4.74 Å². The van der Waals surface area contributed by atoms with Crippen LogP contribution in [0.2, 0.25) is 5.02 Å². The normalized spacial score (nSPS) is 10.3. The van der Waals surface area contributed by atoms with Crippen LogP contribution in [0.5, 0.6) is 5.75 Å². The molecule has 3 aromatic carbocycles.